The molecule has 7 heteroatoms. The molecule has 0 saturated carbocycles. The highest BCUT2D eigenvalue weighted by Gasteiger charge is 2.23. The zero-order valence-electron chi connectivity index (χ0n) is 13.9. The number of nitrogens with zero attached hydrogens (tertiary/aromatic N) is 5. The molecule has 1 aliphatic rings. The SMILES string of the molecule is COc1cccc(CN(C)C2CCc3nn(C)c(=O)n3CC2)n1. The molecule has 3 heterocycles. The summed E-state index contributed by atoms with van der Waals surface area (Å²) in [7, 11) is 5.45. The fraction of sp³-hybridized carbons (Fsp3) is 0.562. The molecule has 3 rings (SSSR count). The number of hydrogen-bond acceptors (Lipinski definition) is 5. The monoisotopic (exact) mass is 317 g/mol. The number of methoxy groups -OCH3 is 1. The molecule has 0 saturated heterocycles. The number of hydrogen-bond donors (Lipinski definition) is 0. The zero-order valence-corrected chi connectivity index (χ0v) is 13.9. The molecule has 124 valence electrons. The summed E-state index contributed by atoms with van der Waals surface area (Å²) >= 11 is 0. The predicted octanol–water partition coefficient (Wildman–Crippen LogP) is 0.822. The van der Waals surface area contributed by atoms with Crippen LogP contribution in [0.1, 0.15) is 24.4 Å². The highest BCUT2D eigenvalue weighted by Crippen LogP contribution is 2.18. The first-order chi connectivity index (χ1) is 11.1. The van der Waals surface area contributed by atoms with E-state index < -0.39 is 0 Å². The van der Waals surface area contributed by atoms with Crippen molar-refractivity contribution < 1.29 is 4.74 Å². The van der Waals surface area contributed by atoms with Crippen LogP contribution in [0.3, 0.4) is 0 Å². The van der Waals surface area contributed by atoms with Crippen LogP contribution in [0, 0.1) is 0 Å². The third-order valence-electron chi connectivity index (χ3n) is 4.50. The van der Waals surface area contributed by atoms with Gasteiger partial charge in [0.1, 0.15) is 5.82 Å². The second-order valence-electron chi connectivity index (χ2n) is 6.04. The molecule has 1 unspecified atom stereocenters. The Balaban J connectivity index is 1.67. The zero-order chi connectivity index (χ0) is 16.4. The van der Waals surface area contributed by atoms with E-state index in [1.807, 2.05) is 18.2 Å². The first-order valence-electron chi connectivity index (χ1n) is 7.91. The van der Waals surface area contributed by atoms with E-state index in [4.69, 9.17) is 4.74 Å². The summed E-state index contributed by atoms with van der Waals surface area (Å²) in [4.78, 5) is 18.8. The molecule has 0 N–H and O–H groups in total. The van der Waals surface area contributed by atoms with Gasteiger partial charge in [0.15, 0.2) is 0 Å². The van der Waals surface area contributed by atoms with Crippen LogP contribution in [0.4, 0.5) is 0 Å². The predicted molar refractivity (Wildman–Crippen MR) is 86.5 cm³/mol. The highest BCUT2D eigenvalue weighted by molar-refractivity contribution is 5.15. The lowest BCUT2D eigenvalue weighted by molar-refractivity contribution is 0.207. The molecule has 0 bridgehead atoms. The van der Waals surface area contributed by atoms with Crippen molar-refractivity contribution in [3.63, 3.8) is 0 Å². The number of fused-ring (bicyclic) bond motifs is 1. The van der Waals surface area contributed by atoms with Gasteiger partial charge < -0.3 is 4.74 Å². The summed E-state index contributed by atoms with van der Waals surface area (Å²) in [6, 6.07) is 6.23. The highest BCUT2D eigenvalue weighted by atomic mass is 16.5. The summed E-state index contributed by atoms with van der Waals surface area (Å²) in [5.74, 6) is 1.54. The van der Waals surface area contributed by atoms with E-state index in [2.05, 4.69) is 22.0 Å². The molecule has 0 aromatic carbocycles. The van der Waals surface area contributed by atoms with Crippen molar-refractivity contribution in [2.24, 2.45) is 7.05 Å². The average Bonchev–Trinajstić information content (AvgIpc) is 2.72. The van der Waals surface area contributed by atoms with E-state index >= 15 is 0 Å². The van der Waals surface area contributed by atoms with Crippen LogP contribution in [0.5, 0.6) is 5.88 Å². The maximum absolute atomic E-state index is 12.0. The fourth-order valence-electron chi connectivity index (χ4n) is 3.17. The van der Waals surface area contributed by atoms with Gasteiger partial charge in [-0.05, 0) is 26.0 Å². The van der Waals surface area contributed by atoms with Gasteiger partial charge in [-0.1, -0.05) is 6.07 Å². The number of aromatic nitrogens is 4. The molecule has 0 amide bonds. The number of pyridine rings is 1. The third kappa shape index (κ3) is 3.29. The quantitative estimate of drug-likeness (QED) is 0.835. The third-order valence-corrected chi connectivity index (χ3v) is 4.50. The molecule has 0 radical (unpaired) electrons. The van der Waals surface area contributed by atoms with Crippen molar-refractivity contribution in [3.05, 3.63) is 40.2 Å². The van der Waals surface area contributed by atoms with Gasteiger partial charge in [-0.15, -0.1) is 0 Å². The van der Waals surface area contributed by atoms with E-state index in [0.29, 0.717) is 11.9 Å². The first-order valence-corrected chi connectivity index (χ1v) is 7.91. The van der Waals surface area contributed by atoms with Crippen molar-refractivity contribution in [2.75, 3.05) is 14.2 Å². The first kappa shape index (κ1) is 15.7. The van der Waals surface area contributed by atoms with E-state index in [0.717, 1.165) is 43.9 Å². The minimum Gasteiger partial charge on any atom is -0.481 e. The maximum Gasteiger partial charge on any atom is 0.345 e. The van der Waals surface area contributed by atoms with Gasteiger partial charge in [0.05, 0.1) is 12.8 Å². The molecular weight excluding hydrogens is 294 g/mol. The van der Waals surface area contributed by atoms with E-state index in [1.165, 1.54) is 4.68 Å². The Kier molecular flexibility index (Phi) is 4.47. The Hall–Kier alpha value is -2.15. The van der Waals surface area contributed by atoms with Gasteiger partial charge in [0, 0.05) is 38.7 Å². The summed E-state index contributed by atoms with van der Waals surface area (Å²) in [5, 5.41) is 4.33. The van der Waals surface area contributed by atoms with Gasteiger partial charge in [-0.25, -0.2) is 14.5 Å². The van der Waals surface area contributed by atoms with Crippen LogP contribution >= 0.6 is 0 Å². The second-order valence-corrected chi connectivity index (χ2v) is 6.04. The van der Waals surface area contributed by atoms with E-state index in [9.17, 15) is 4.79 Å². The van der Waals surface area contributed by atoms with Gasteiger partial charge in [0.2, 0.25) is 5.88 Å². The minimum absolute atomic E-state index is 0.0160. The summed E-state index contributed by atoms with van der Waals surface area (Å²) < 4.78 is 8.41. The molecule has 1 aliphatic heterocycles. The minimum atomic E-state index is -0.0160. The number of rotatable bonds is 4. The topological polar surface area (TPSA) is 65.2 Å². The fourth-order valence-corrected chi connectivity index (χ4v) is 3.17. The van der Waals surface area contributed by atoms with Crippen molar-refractivity contribution in [2.45, 2.75) is 38.4 Å². The second kappa shape index (κ2) is 6.54. The summed E-state index contributed by atoms with van der Waals surface area (Å²) in [6.07, 6.45) is 2.77. The standard InChI is InChI=1S/C16H23N5O2/c1-19(11-12-5-4-6-15(17-12)23-3)13-7-8-14-18-20(2)16(22)21(14)10-9-13/h4-6,13H,7-11H2,1-3H3. The Labute approximate surface area is 135 Å². The van der Waals surface area contributed by atoms with Gasteiger partial charge in [-0.2, -0.15) is 5.10 Å². The Morgan fingerprint density at radius 3 is 3.00 bits per heavy atom. The van der Waals surface area contributed by atoms with Crippen LogP contribution in [0.2, 0.25) is 0 Å². The Morgan fingerprint density at radius 2 is 2.22 bits per heavy atom. The van der Waals surface area contributed by atoms with Crippen molar-refractivity contribution >= 4 is 0 Å². The molecule has 0 spiro atoms. The van der Waals surface area contributed by atoms with E-state index in [1.54, 1.807) is 18.7 Å². The average molecular weight is 317 g/mol. The lowest BCUT2D eigenvalue weighted by atomic mass is 10.1. The smallest absolute Gasteiger partial charge is 0.345 e. The number of aryl methyl sites for hydroxylation is 2. The normalized spacial score (nSPS) is 17.8. The van der Waals surface area contributed by atoms with Gasteiger partial charge in [-0.3, -0.25) is 9.47 Å². The Morgan fingerprint density at radius 1 is 1.39 bits per heavy atom. The van der Waals surface area contributed by atoms with E-state index in [-0.39, 0.29) is 5.69 Å². The molecular formula is C16H23N5O2. The van der Waals surface area contributed by atoms with Crippen molar-refractivity contribution in [1.29, 1.82) is 0 Å². The Bertz CT molecular complexity index is 736. The molecule has 0 aliphatic carbocycles. The van der Waals surface area contributed by atoms with Crippen LogP contribution in [-0.2, 0) is 26.6 Å². The van der Waals surface area contributed by atoms with Crippen LogP contribution in [0.15, 0.2) is 23.0 Å². The summed E-state index contributed by atoms with van der Waals surface area (Å²) in [5.41, 5.74) is 0.975. The molecule has 7 nitrogen and oxygen atoms in total. The van der Waals surface area contributed by atoms with Crippen LogP contribution in [-0.4, -0.2) is 44.4 Å². The maximum atomic E-state index is 12.0. The van der Waals surface area contributed by atoms with Crippen LogP contribution in [0.25, 0.3) is 0 Å². The lowest BCUT2D eigenvalue weighted by Gasteiger charge is -2.26. The molecule has 2 aromatic heterocycles. The van der Waals surface area contributed by atoms with Crippen molar-refractivity contribution in [3.8, 4) is 5.88 Å². The summed E-state index contributed by atoms with van der Waals surface area (Å²) in [6.45, 7) is 1.49. The molecule has 23 heavy (non-hydrogen) atoms. The molecule has 1 atom stereocenters. The van der Waals surface area contributed by atoms with Crippen molar-refractivity contribution in [1.82, 2.24) is 24.2 Å². The van der Waals surface area contributed by atoms with Gasteiger partial charge >= 0.3 is 5.69 Å². The molecule has 2 aromatic rings. The largest absolute Gasteiger partial charge is 0.481 e. The number of ether oxygens (including phenoxy) is 1. The van der Waals surface area contributed by atoms with Crippen LogP contribution < -0.4 is 10.4 Å². The lowest BCUT2D eigenvalue weighted by Crippen LogP contribution is -2.32. The van der Waals surface area contributed by atoms with Gasteiger partial charge in [0.25, 0.3) is 0 Å². The molecule has 0 fully saturated rings.